The van der Waals surface area contributed by atoms with Crippen LogP contribution in [0.1, 0.15) is 73.1 Å². The maximum Gasteiger partial charge on any atom is 0.234 e. The summed E-state index contributed by atoms with van der Waals surface area (Å²) >= 11 is 0. The number of hydrogen-bond acceptors (Lipinski definition) is 2. The highest BCUT2D eigenvalue weighted by Gasteiger charge is 2.65. The van der Waals surface area contributed by atoms with Crippen molar-refractivity contribution in [2.45, 2.75) is 69.7 Å². The largest absolute Gasteiger partial charge is 0.279 e. The second kappa shape index (κ2) is 5.80. The fourth-order valence-electron chi connectivity index (χ4n) is 6.65. The molecule has 140 valence electrons. The fraction of sp³-hybridized carbons (Fsp3) is 0.583. The highest BCUT2D eigenvalue weighted by Crippen LogP contribution is 2.60. The molecule has 0 radical (unpaired) electrons. The zero-order chi connectivity index (χ0) is 18.1. The summed E-state index contributed by atoms with van der Waals surface area (Å²) in [6.45, 7) is 0. The molecule has 1 aromatic rings. The number of benzene rings is 1. The molecule has 6 rings (SSSR count). The van der Waals surface area contributed by atoms with Gasteiger partial charge in [-0.2, -0.15) is 0 Å². The summed E-state index contributed by atoms with van der Waals surface area (Å²) in [7, 11) is 0. The summed E-state index contributed by atoms with van der Waals surface area (Å²) in [5.41, 5.74) is 5.62. The Labute approximate surface area is 160 Å². The zero-order valence-corrected chi connectivity index (χ0v) is 15.8. The Hall–Kier alpha value is -1.90. The third-order valence-electron chi connectivity index (χ3n) is 7.99. The van der Waals surface area contributed by atoms with Crippen molar-refractivity contribution >= 4 is 17.9 Å². The summed E-state index contributed by atoms with van der Waals surface area (Å²) in [4.78, 5) is 28.2. The van der Waals surface area contributed by atoms with Gasteiger partial charge in [-0.05, 0) is 66.7 Å². The molecule has 2 amide bonds. The van der Waals surface area contributed by atoms with E-state index in [0.29, 0.717) is 0 Å². The van der Waals surface area contributed by atoms with E-state index in [-0.39, 0.29) is 41.5 Å². The third-order valence-corrected chi connectivity index (χ3v) is 7.99. The lowest BCUT2D eigenvalue weighted by atomic mass is 9.53. The molecule has 3 fully saturated rings. The smallest absolute Gasteiger partial charge is 0.234 e. The van der Waals surface area contributed by atoms with Crippen LogP contribution < -0.4 is 0 Å². The van der Waals surface area contributed by atoms with Gasteiger partial charge in [0.1, 0.15) is 0 Å². The normalized spacial score (nSPS) is 34.6. The zero-order valence-electron chi connectivity index (χ0n) is 15.8. The van der Waals surface area contributed by atoms with Gasteiger partial charge < -0.3 is 0 Å². The first-order valence-electron chi connectivity index (χ1n) is 10.9. The predicted octanol–water partition coefficient (Wildman–Crippen LogP) is 4.24. The van der Waals surface area contributed by atoms with Gasteiger partial charge in [0.05, 0.1) is 11.8 Å². The van der Waals surface area contributed by atoms with Crippen molar-refractivity contribution in [3.8, 4) is 0 Å². The topological polar surface area (TPSA) is 37.4 Å². The Morgan fingerprint density at radius 1 is 0.778 bits per heavy atom. The van der Waals surface area contributed by atoms with Crippen molar-refractivity contribution in [3.05, 3.63) is 40.5 Å². The molecule has 0 aromatic heterocycles. The lowest BCUT2D eigenvalue weighted by molar-refractivity contribution is -0.142. The van der Waals surface area contributed by atoms with E-state index in [4.69, 9.17) is 0 Å². The first-order chi connectivity index (χ1) is 13.2. The third kappa shape index (κ3) is 2.14. The Morgan fingerprint density at radius 3 is 2.26 bits per heavy atom. The summed E-state index contributed by atoms with van der Waals surface area (Å²) in [5.74, 6) is 0.530. The molecule has 2 saturated carbocycles. The monoisotopic (exact) mass is 361 g/mol. The van der Waals surface area contributed by atoms with Crippen molar-refractivity contribution < 1.29 is 9.59 Å². The highest BCUT2D eigenvalue weighted by molar-refractivity contribution is 6.08. The second-order valence-electron chi connectivity index (χ2n) is 9.31. The van der Waals surface area contributed by atoms with Gasteiger partial charge in [-0.25, -0.2) is 0 Å². The molecule has 3 nitrogen and oxygen atoms in total. The lowest BCUT2D eigenvalue weighted by Crippen LogP contribution is -2.47. The molecule has 1 heterocycles. The molecule has 0 spiro atoms. The molecule has 4 unspecified atom stereocenters. The minimum Gasteiger partial charge on any atom is -0.279 e. The number of aryl methyl sites for hydroxylation is 2. The molecule has 3 heteroatoms. The van der Waals surface area contributed by atoms with Crippen LogP contribution in [0.5, 0.6) is 0 Å². The Kier molecular flexibility index (Phi) is 3.45. The van der Waals surface area contributed by atoms with E-state index in [1.807, 2.05) is 0 Å². The van der Waals surface area contributed by atoms with Gasteiger partial charge in [0.25, 0.3) is 0 Å². The number of allylic oxidation sites excluding steroid dienone is 1. The second-order valence-corrected chi connectivity index (χ2v) is 9.31. The number of amides is 2. The van der Waals surface area contributed by atoms with Gasteiger partial charge in [0, 0.05) is 12.0 Å². The van der Waals surface area contributed by atoms with E-state index >= 15 is 0 Å². The van der Waals surface area contributed by atoms with Gasteiger partial charge in [-0.1, -0.05) is 43.5 Å². The van der Waals surface area contributed by atoms with Crippen LogP contribution in [-0.2, 0) is 22.4 Å². The minimum atomic E-state index is -0.102. The Balaban J connectivity index is 1.36. The van der Waals surface area contributed by atoms with Crippen LogP contribution in [-0.4, -0.2) is 22.8 Å². The lowest BCUT2D eigenvalue weighted by Gasteiger charge is -2.47. The number of fused-ring (bicyclic) bond motifs is 7. The molecular formula is C24H27NO2. The molecular weight excluding hydrogens is 334 g/mol. The molecule has 1 saturated heterocycles. The van der Waals surface area contributed by atoms with Crippen molar-refractivity contribution in [2.75, 3.05) is 0 Å². The quantitative estimate of drug-likeness (QED) is 0.702. The number of rotatable bonds is 1. The van der Waals surface area contributed by atoms with Crippen LogP contribution in [0, 0.1) is 17.8 Å². The van der Waals surface area contributed by atoms with Gasteiger partial charge in [0.2, 0.25) is 11.8 Å². The van der Waals surface area contributed by atoms with Crippen LogP contribution in [0.25, 0.3) is 6.08 Å². The Bertz CT molecular complexity index is 863. The van der Waals surface area contributed by atoms with Crippen LogP contribution in [0.3, 0.4) is 0 Å². The van der Waals surface area contributed by atoms with Gasteiger partial charge in [-0.15, -0.1) is 0 Å². The number of nitrogens with zero attached hydrogens (tertiary/aromatic N) is 1. The number of carbonyl (C=O) groups excluding carboxylic acids is 2. The summed E-state index contributed by atoms with van der Waals surface area (Å²) < 4.78 is 0. The maximum atomic E-state index is 13.3. The van der Waals surface area contributed by atoms with Crippen LogP contribution in [0.2, 0.25) is 0 Å². The van der Waals surface area contributed by atoms with Crippen molar-refractivity contribution in [2.24, 2.45) is 17.8 Å². The van der Waals surface area contributed by atoms with Gasteiger partial charge in [0.15, 0.2) is 0 Å². The first kappa shape index (κ1) is 16.1. The summed E-state index contributed by atoms with van der Waals surface area (Å²) in [6.07, 6.45) is 14.9. The summed E-state index contributed by atoms with van der Waals surface area (Å²) in [6, 6.07) is 4.92. The van der Waals surface area contributed by atoms with E-state index in [2.05, 4.69) is 24.3 Å². The van der Waals surface area contributed by atoms with E-state index < -0.39 is 0 Å². The maximum absolute atomic E-state index is 13.3. The van der Waals surface area contributed by atoms with Crippen LogP contribution in [0.15, 0.2) is 18.2 Å². The van der Waals surface area contributed by atoms with Crippen molar-refractivity contribution in [1.29, 1.82) is 0 Å². The van der Waals surface area contributed by atoms with Crippen LogP contribution in [0.4, 0.5) is 0 Å². The number of imide groups is 1. The SMILES string of the molecule is O=C1C2C3C=Cc4cc5c(cc4C3C2C(=O)N1C1CCCCC1)CCCC5. The average Bonchev–Trinajstić information content (AvgIpc) is 2.89. The number of likely N-dealkylation sites (tertiary alicyclic amines) is 1. The summed E-state index contributed by atoms with van der Waals surface area (Å²) in [5, 5.41) is 0. The van der Waals surface area contributed by atoms with Gasteiger partial charge >= 0.3 is 0 Å². The molecule has 1 aromatic carbocycles. The molecule has 5 aliphatic rings. The van der Waals surface area contributed by atoms with Crippen molar-refractivity contribution in [1.82, 2.24) is 4.90 Å². The highest BCUT2D eigenvalue weighted by atomic mass is 16.2. The van der Waals surface area contributed by atoms with Gasteiger partial charge in [-0.3, -0.25) is 14.5 Å². The standard InChI is InChI=1S/C24H27NO2/c26-23-21-18-11-10-16-12-14-6-4-5-7-15(14)13-19(16)20(18)22(21)24(27)25(23)17-8-2-1-3-9-17/h10-13,17-18,20-22H,1-9H2. The van der Waals surface area contributed by atoms with Crippen LogP contribution >= 0.6 is 0 Å². The fourth-order valence-corrected chi connectivity index (χ4v) is 6.65. The molecule has 0 N–H and O–H groups in total. The predicted molar refractivity (Wildman–Crippen MR) is 104 cm³/mol. The van der Waals surface area contributed by atoms with E-state index in [0.717, 1.165) is 25.7 Å². The molecule has 4 atom stereocenters. The number of hydrogen-bond donors (Lipinski definition) is 0. The van der Waals surface area contributed by atoms with E-state index in [1.165, 1.54) is 54.4 Å². The molecule has 27 heavy (non-hydrogen) atoms. The molecule has 1 aliphatic heterocycles. The first-order valence-corrected chi connectivity index (χ1v) is 10.9. The number of carbonyl (C=O) groups is 2. The van der Waals surface area contributed by atoms with E-state index in [9.17, 15) is 9.59 Å². The molecule has 4 aliphatic carbocycles. The van der Waals surface area contributed by atoms with Crippen molar-refractivity contribution in [3.63, 3.8) is 0 Å². The molecule has 0 bridgehead atoms. The average molecular weight is 361 g/mol. The Morgan fingerprint density at radius 2 is 1.48 bits per heavy atom. The van der Waals surface area contributed by atoms with E-state index in [1.54, 1.807) is 4.90 Å². The minimum absolute atomic E-state index is 0.0927.